The van der Waals surface area contributed by atoms with E-state index in [0.717, 1.165) is 0 Å². The molecule has 9 nitrogen and oxygen atoms in total. The molecule has 1 atom stereocenters. The van der Waals surface area contributed by atoms with Crippen LogP contribution in [0.2, 0.25) is 0 Å². The average Bonchev–Trinajstić information content (AvgIpc) is 2.32. The third-order valence-electron chi connectivity index (χ3n) is 2.00. The maximum Gasteiger partial charge on any atom is 0.372 e. The number of ketones is 1. The van der Waals surface area contributed by atoms with Gasteiger partial charge in [-0.25, -0.2) is 4.79 Å². The average molecular weight is 275 g/mol. The van der Waals surface area contributed by atoms with Crippen LogP contribution in [0.15, 0.2) is 0 Å². The van der Waals surface area contributed by atoms with Gasteiger partial charge < -0.3 is 20.7 Å². The number of rotatable bonds is 8. The van der Waals surface area contributed by atoms with Crippen LogP contribution in [0.3, 0.4) is 0 Å². The van der Waals surface area contributed by atoms with Gasteiger partial charge in [-0.2, -0.15) is 0 Å². The first-order valence-electron chi connectivity index (χ1n) is 5.22. The molecule has 0 aromatic rings. The van der Waals surface area contributed by atoms with E-state index in [9.17, 15) is 24.0 Å². The standard InChI is InChI=1S/C10H13NO8/c11-5(9(15)16)1-3-7(13)19-8(14)4-2-6(12)10(17)18/h5H,1-4,11H2,(H,15,16)(H,17,18)/t5-/m0/s1. The molecular formula is C10H13NO8. The third kappa shape index (κ3) is 7.60. The fourth-order valence-corrected chi connectivity index (χ4v) is 0.948. The molecule has 4 N–H and O–H groups in total. The Morgan fingerprint density at radius 3 is 1.95 bits per heavy atom. The fraction of sp³-hybridized carbons (Fsp3) is 0.500. The number of carbonyl (C=O) groups excluding carboxylic acids is 3. The molecule has 0 aromatic heterocycles. The summed E-state index contributed by atoms with van der Waals surface area (Å²) in [4.78, 5) is 53.2. The van der Waals surface area contributed by atoms with Gasteiger partial charge in [-0.05, 0) is 6.42 Å². The molecule has 19 heavy (non-hydrogen) atoms. The number of hydrogen-bond donors (Lipinski definition) is 3. The quantitative estimate of drug-likeness (QED) is 0.277. The number of esters is 2. The summed E-state index contributed by atoms with van der Waals surface area (Å²) in [6.45, 7) is 0. The summed E-state index contributed by atoms with van der Waals surface area (Å²) in [5, 5.41) is 16.7. The Morgan fingerprint density at radius 1 is 0.947 bits per heavy atom. The smallest absolute Gasteiger partial charge is 0.372 e. The van der Waals surface area contributed by atoms with E-state index in [1.165, 1.54) is 0 Å². The molecule has 0 aliphatic heterocycles. The molecule has 0 saturated carbocycles. The van der Waals surface area contributed by atoms with Crippen LogP contribution >= 0.6 is 0 Å². The molecule has 0 aliphatic rings. The van der Waals surface area contributed by atoms with Crippen LogP contribution in [-0.4, -0.2) is 45.9 Å². The Balaban J connectivity index is 3.94. The largest absolute Gasteiger partial charge is 0.480 e. The molecule has 0 bridgehead atoms. The zero-order valence-corrected chi connectivity index (χ0v) is 9.83. The van der Waals surface area contributed by atoms with Gasteiger partial charge in [0.05, 0.1) is 6.42 Å². The van der Waals surface area contributed by atoms with Gasteiger partial charge in [0.1, 0.15) is 6.04 Å². The third-order valence-corrected chi connectivity index (χ3v) is 2.00. The summed E-state index contributed by atoms with van der Waals surface area (Å²) in [6.07, 6.45) is -1.68. The van der Waals surface area contributed by atoms with Gasteiger partial charge in [-0.1, -0.05) is 0 Å². The van der Waals surface area contributed by atoms with Crippen molar-refractivity contribution in [1.29, 1.82) is 0 Å². The molecule has 9 heteroatoms. The first kappa shape index (κ1) is 16.7. The zero-order chi connectivity index (χ0) is 15.0. The Labute approximate surface area is 107 Å². The van der Waals surface area contributed by atoms with Gasteiger partial charge in [0.25, 0.3) is 0 Å². The van der Waals surface area contributed by atoms with Gasteiger partial charge in [0, 0.05) is 12.8 Å². The second-order valence-corrected chi connectivity index (χ2v) is 3.56. The Bertz CT molecular complexity index is 402. The summed E-state index contributed by atoms with van der Waals surface area (Å²) in [7, 11) is 0. The summed E-state index contributed by atoms with van der Waals surface area (Å²) in [5.41, 5.74) is 5.13. The number of aliphatic carboxylic acids is 2. The lowest BCUT2D eigenvalue weighted by molar-refractivity contribution is -0.160. The van der Waals surface area contributed by atoms with E-state index < -0.39 is 48.5 Å². The monoisotopic (exact) mass is 275 g/mol. The molecule has 0 heterocycles. The van der Waals surface area contributed by atoms with Crippen molar-refractivity contribution < 1.29 is 38.9 Å². The van der Waals surface area contributed by atoms with E-state index in [4.69, 9.17) is 15.9 Å². The zero-order valence-electron chi connectivity index (χ0n) is 9.83. The van der Waals surface area contributed by atoms with Crippen molar-refractivity contribution >= 4 is 29.7 Å². The Hall–Kier alpha value is -2.29. The minimum Gasteiger partial charge on any atom is -0.480 e. The molecule has 0 aliphatic carbocycles. The number of carbonyl (C=O) groups is 5. The summed E-state index contributed by atoms with van der Waals surface area (Å²) >= 11 is 0. The number of hydrogen-bond acceptors (Lipinski definition) is 7. The number of ether oxygens (including phenoxy) is 1. The highest BCUT2D eigenvalue weighted by Crippen LogP contribution is 2.01. The van der Waals surface area contributed by atoms with Crippen molar-refractivity contribution in [3.05, 3.63) is 0 Å². The van der Waals surface area contributed by atoms with Crippen molar-refractivity contribution in [2.24, 2.45) is 5.73 Å². The first-order chi connectivity index (χ1) is 8.73. The molecule has 0 unspecified atom stereocenters. The molecule has 0 rings (SSSR count). The number of carboxylic acid groups (broad SMARTS) is 2. The second-order valence-electron chi connectivity index (χ2n) is 3.56. The molecule has 0 spiro atoms. The van der Waals surface area contributed by atoms with Crippen LogP contribution in [0.4, 0.5) is 0 Å². The highest BCUT2D eigenvalue weighted by molar-refractivity contribution is 6.32. The number of nitrogens with two attached hydrogens (primary N) is 1. The normalized spacial score (nSPS) is 11.4. The lowest BCUT2D eigenvalue weighted by Crippen LogP contribution is -2.31. The second kappa shape index (κ2) is 7.93. The molecular weight excluding hydrogens is 262 g/mol. The molecule has 0 saturated heterocycles. The molecule has 0 amide bonds. The minimum absolute atomic E-state index is 0.199. The van der Waals surface area contributed by atoms with Gasteiger partial charge in [0.2, 0.25) is 5.78 Å². The fourth-order valence-electron chi connectivity index (χ4n) is 0.948. The lowest BCUT2D eigenvalue weighted by atomic mass is 10.2. The minimum atomic E-state index is -1.67. The van der Waals surface area contributed by atoms with Crippen molar-refractivity contribution in [3.8, 4) is 0 Å². The lowest BCUT2D eigenvalue weighted by Gasteiger charge is -2.05. The predicted octanol–water partition coefficient (Wildman–Crippen LogP) is -1.32. The number of carboxylic acids is 2. The van der Waals surface area contributed by atoms with Crippen molar-refractivity contribution in [2.45, 2.75) is 31.7 Å². The highest BCUT2D eigenvalue weighted by atomic mass is 16.6. The van der Waals surface area contributed by atoms with Gasteiger partial charge in [0.15, 0.2) is 0 Å². The van der Waals surface area contributed by atoms with Crippen LogP contribution < -0.4 is 5.73 Å². The summed E-state index contributed by atoms with van der Waals surface area (Å²) in [5.74, 6) is -6.16. The maximum absolute atomic E-state index is 11.1. The van der Waals surface area contributed by atoms with E-state index in [2.05, 4.69) is 4.74 Å². The van der Waals surface area contributed by atoms with Gasteiger partial charge >= 0.3 is 23.9 Å². The van der Waals surface area contributed by atoms with E-state index in [-0.39, 0.29) is 12.8 Å². The topological polar surface area (TPSA) is 161 Å². The summed E-state index contributed by atoms with van der Waals surface area (Å²) < 4.78 is 4.24. The van der Waals surface area contributed by atoms with Gasteiger partial charge in [-0.15, -0.1) is 0 Å². The van der Waals surface area contributed by atoms with Crippen LogP contribution in [0.1, 0.15) is 25.7 Å². The van der Waals surface area contributed by atoms with Crippen LogP contribution in [0, 0.1) is 0 Å². The van der Waals surface area contributed by atoms with E-state index >= 15 is 0 Å². The molecule has 0 radical (unpaired) electrons. The summed E-state index contributed by atoms with van der Waals surface area (Å²) in [6, 6.07) is -1.24. The highest BCUT2D eigenvalue weighted by Gasteiger charge is 2.18. The van der Waals surface area contributed by atoms with Crippen LogP contribution in [0.25, 0.3) is 0 Å². The first-order valence-corrected chi connectivity index (χ1v) is 5.22. The van der Waals surface area contributed by atoms with Crippen molar-refractivity contribution in [2.75, 3.05) is 0 Å². The van der Waals surface area contributed by atoms with E-state index in [1.54, 1.807) is 0 Å². The molecule has 0 aromatic carbocycles. The predicted molar refractivity (Wildman–Crippen MR) is 57.8 cm³/mol. The van der Waals surface area contributed by atoms with E-state index in [0.29, 0.717) is 0 Å². The number of Topliss-reactive ketones (excluding diaryl/α,β-unsaturated/α-hetero) is 1. The Kier molecular flexibility index (Phi) is 6.97. The van der Waals surface area contributed by atoms with Crippen LogP contribution in [0.5, 0.6) is 0 Å². The van der Waals surface area contributed by atoms with Crippen molar-refractivity contribution in [1.82, 2.24) is 0 Å². The maximum atomic E-state index is 11.1. The van der Waals surface area contributed by atoms with Gasteiger partial charge in [-0.3, -0.25) is 19.2 Å². The SMILES string of the molecule is N[C@@H](CCC(=O)OC(=O)CCC(=O)C(=O)O)C(=O)O. The van der Waals surface area contributed by atoms with Crippen LogP contribution in [-0.2, 0) is 28.7 Å². The van der Waals surface area contributed by atoms with Crippen molar-refractivity contribution in [3.63, 3.8) is 0 Å². The van der Waals surface area contributed by atoms with E-state index in [1.807, 2.05) is 0 Å². The Morgan fingerprint density at radius 2 is 1.47 bits per heavy atom. The molecule has 106 valence electrons. The molecule has 0 fully saturated rings.